The van der Waals surface area contributed by atoms with Gasteiger partial charge in [-0.3, -0.25) is 0 Å². The van der Waals surface area contributed by atoms with E-state index in [1.54, 1.807) is 19.4 Å². The van der Waals surface area contributed by atoms with Crippen molar-refractivity contribution in [1.82, 2.24) is 9.97 Å². The van der Waals surface area contributed by atoms with Gasteiger partial charge >= 0.3 is 0 Å². The maximum Gasteiger partial charge on any atom is 0.228 e. The van der Waals surface area contributed by atoms with Crippen LogP contribution in [0, 0.1) is 0 Å². The summed E-state index contributed by atoms with van der Waals surface area (Å²) in [5, 5.41) is 0. The lowest BCUT2D eigenvalue weighted by molar-refractivity contribution is -0.116. The van der Waals surface area contributed by atoms with Crippen LogP contribution < -0.4 is 9.64 Å². The standard InChI is InChI=1S/C13H19N3O3/c1-17-11-2-5-14-12(15-11)16-6-9-19-13(10-16)3-7-18-8-4-13/h2,5H,3-4,6-10H2,1H3. The molecular weight excluding hydrogens is 246 g/mol. The molecule has 104 valence electrons. The van der Waals surface area contributed by atoms with Gasteiger partial charge in [0.15, 0.2) is 0 Å². The first kappa shape index (κ1) is 12.6. The topological polar surface area (TPSA) is 56.7 Å². The van der Waals surface area contributed by atoms with E-state index in [9.17, 15) is 0 Å². The Balaban J connectivity index is 1.76. The summed E-state index contributed by atoms with van der Waals surface area (Å²) in [6.45, 7) is 3.89. The summed E-state index contributed by atoms with van der Waals surface area (Å²) in [6, 6.07) is 1.76. The van der Waals surface area contributed by atoms with Crippen LogP contribution in [-0.4, -0.2) is 55.6 Å². The summed E-state index contributed by atoms with van der Waals surface area (Å²) in [6.07, 6.45) is 3.61. The molecule has 2 aliphatic rings. The number of ether oxygens (including phenoxy) is 3. The highest BCUT2D eigenvalue weighted by Crippen LogP contribution is 2.30. The van der Waals surface area contributed by atoms with Crippen LogP contribution in [0.3, 0.4) is 0 Å². The van der Waals surface area contributed by atoms with Gasteiger partial charge in [0.1, 0.15) is 0 Å². The lowest BCUT2D eigenvalue weighted by Gasteiger charge is -2.44. The largest absolute Gasteiger partial charge is 0.481 e. The Morgan fingerprint density at radius 1 is 1.32 bits per heavy atom. The van der Waals surface area contributed by atoms with Crippen molar-refractivity contribution >= 4 is 5.95 Å². The van der Waals surface area contributed by atoms with Gasteiger partial charge in [-0.1, -0.05) is 0 Å². The van der Waals surface area contributed by atoms with Gasteiger partial charge in [0.2, 0.25) is 11.8 Å². The number of rotatable bonds is 2. The third-order valence-electron chi connectivity index (χ3n) is 3.76. The first-order chi connectivity index (χ1) is 9.31. The molecule has 0 aliphatic carbocycles. The monoisotopic (exact) mass is 265 g/mol. The van der Waals surface area contributed by atoms with Crippen molar-refractivity contribution in [3.8, 4) is 5.88 Å². The van der Waals surface area contributed by atoms with Gasteiger partial charge < -0.3 is 19.1 Å². The van der Waals surface area contributed by atoms with Crippen molar-refractivity contribution in [1.29, 1.82) is 0 Å². The Labute approximate surface area is 112 Å². The third-order valence-corrected chi connectivity index (χ3v) is 3.76. The molecule has 3 rings (SSSR count). The van der Waals surface area contributed by atoms with E-state index in [2.05, 4.69) is 14.9 Å². The molecule has 0 amide bonds. The highest BCUT2D eigenvalue weighted by Gasteiger charge is 2.39. The number of anilines is 1. The van der Waals surface area contributed by atoms with Crippen molar-refractivity contribution in [2.45, 2.75) is 18.4 Å². The minimum absolute atomic E-state index is 0.0943. The SMILES string of the molecule is COc1ccnc(N2CCOC3(CCOCC3)C2)n1. The second-order valence-corrected chi connectivity index (χ2v) is 4.96. The van der Waals surface area contributed by atoms with E-state index >= 15 is 0 Å². The molecule has 2 fully saturated rings. The predicted molar refractivity (Wildman–Crippen MR) is 69.5 cm³/mol. The van der Waals surface area contributed by atoms with Gasteiger partial charge in [0.05, 0.1) is 25.9 Å². The molecule has 1 spiro atoms. The average molecular weight is 265 g/mol. The first-order valence-electron chi connectivity index (χ1n) is 6.65. The summed E-state index contributed by atoms with van der Waals surface area (Å²) in [5.74, 6) is 1.31. The van der Waals surface area contributed by atoms with Crippen LogP contribution in [0.25, 0.3) is 0 Å². The zero-order valence-electron chi connectivity index (χ0n) is 11.2. The van der Waals surface area contributed by atoms with Crippen molar-refractivity contribution in [3.05, 3.63) is 12.3 Å². The van der Waals surface area contributed by atoms with E-state index in [-0.39, 0.29) is 5.60 Å². The van der Waals surface area contributed by atoms with Gasteiger partial charge in [-0.05, 0) is 0 Å². The van der Waals surface area contributed by atoms with Crippen LogP contribution in [0.1, 0.15) is 12.8 Å². The summed E-state index contributed by atoms with van der Waals surface area (Å²) < 4.78 is 16.6. The second-order valence-electron chi connectivity index (χ2n) is 4.96. The van der Waals surface area contributed by atoms with Crippen LogP contribution in [0.15, 0.2) is 12.3 Å². The van der Waals surface area contributed by atoms with E-state index in [1.807, 2.05) is 0 Å². The summed E-state index contributed by atoms with van der Waals surface area (Å²) in [7, 11) is 1.62. The fourth-order valence-corrected chi connectivity index (χ4v) is 2.66. The molecule has 3 heterocycles. The Kier molecular flexibility index (Phi) is 3.52. The quantitative estimate of drug-likeness (QED) is 0.791. The van der Waals surface area contributed by atoms with E-state index in [0.29, 0.717) is 18.4 Å². The molecule has 1 aromatic heterocycles. The Morgan fingerprint density at radius 2 is 2.16 bits per heavy atom. The molecule has 0 atom stereocenters. The molecule has 19 heavy (non-hydrogen) atoms. The van der Waals surface area contributed by atoms with E-state index < -0.39 is 0 Å². The zero-order valence-corrected chi connectivity index (χ0v) is 11.2. The Hall–Kier alpha value is -1.40. The summed E-state index contributed by atoms with van der Waals surface area (Å²) in [5.41, 5.74) is -0.0943. The highest BCUT2D eigenvalue weighted by atomic mass is 16.5. The van der Waals surface area contributed by atoms with Gasteiger partial charge in [0.25, 0.3) is 0 Å². The number of nitrogens with zero attached hydrogens (tertiary/aromatic N) is 3. The smallest absolute Gasteiger partial charge is 0.228 e. The lowest BCUT2D eigenvalue weighted by atomic mass is 9.92. The minimum atomic E-state index is -0.0943. The maximum absolute atomic E-state index is 6.01. The molecule has 2 aliphatic heterocycles. The Morgan fingerprint density at radius 3 is 2.95 bits per heavy atom. The summed E-state index contributed by atoms with van der Waals surface area (Å²) in [4.78, 5) is 10.9. The number of morpholine rings is 1. The van der Waals surface area contributed by atoms with Gasteiger partial charge in [-0.25, -0.2) is 4.98 Å². The molecule has 0 unspecified atom stereocenters. The molecule has 0 saturated carbocycles. The number of methoxy groups -OCH3 is 1. The third kappa shape index (κ3) is 2.64. The van der Waals surface area contributed by atoms with Crippen LogP contribution in [0.2, 0.25) is 0 Å². The fraction of sp³-hybridized carbons (Fsp3) is 0.692. The maximum atomic E-state index is 6.01. The minimum Gasteiger partial charge on any atom is -0.481 e. The molecule has 1 aromatic rings. The van der Waals surface area contributed by atoms with Crippen molar-refractivity contribution < 1.29 is 14.2 Å². The van der Waals surface area contributed by atoms with Gasteiger partial charge in [0, 0.05) is 44.9 Å². The molecule has 0 aromatic carbocycles. The predicted octanol–water partition coefficient (Wildman–Crippen LogP) is 0.871. The number of hydrogen-bond acceptors (Lipinski definition) is 6. The van der Waals surface area contributed by atoms with Crippen LogP contribution in [0.5, 0.6) is 5.88 Å². The van der Waals surface area contributed by atoms with E-state index in [0.717, 1.165) is 39.1 Å². The molecule has 2 saturated heterocycles. The van der Waals surface area contributed by atoms with Crippen LogP contribution >= 0.6 is 0 Å². The highest BCUT2D eigenvalue weighted by molar-refractivity contribution is 5.33. The van der Waals surface area contributed by atoms with Crippen LogP contribution in [-0.2, 0) is 9.47 Å². The van der Waals surface area contributed by atoms with Gasteiger partial charge in [-0.2, -0.15) is 4.98 Å². The Bertz CT molecular complexity index is 429. The number of aromatic nitrogens is 2. The molecule has 6 nitrogen and oxygen atoms in total. The fourth-order valence-electron chi connectivity index (χ4n) is 2.66. The van der Waals surface area contributed by atoms with Gasteiger partial charge in [-0.15, -0.1) is 0 Å². The second kappa shape index (κ2) is 5.30. The average Bonchev–Trinajstić information content (AvgIpc) is 2.48. The molecule has 6 heteroatoms. The van der Waals surface area contributed by atoms with Crippen molar-refractivity contribution in [2.24, 2.45) is 0 Å². The zero-order chi connectivity index (χ0) is 13.1. The molecular formula is C13H19N3O3. The first-order valence-corrected chi connectivity index (χ1v) is 6.65. The normalized spacial score (nSPS) is 22.5. The van der Waals surface area contributed by atoms with E-state index in [4.69, 9.17) is 14.2 Å². The van der Waals surface area contributed by atoms with Crippen molar-refractivity contribution in [2.75, 3.05) is 44.9 Å². The van der Waals surface area contributed by atoms with Crippen LogP contribution in [0.4, 0.5) is 5.95 Å². The number of hydrogen-bond donors (Lipinski definition) is 0. The summed E-state index contributed by atoms with van der Waals surface area (Å²) >= 11 is 0. The lowest BCUT2D eigenvalue weighted by Crippen LogP contribution is -2.54. The molecule has 0 N–H and O–H groups in total. The molecule has 0 bridgehead atoms. The molecule has 0 radical (unpaired) electrons. The van der Waals surface area contributed by atoms with Crippen molar-refractivity contribution in [3.63, 3.8) is 0 Å². The van der Waals surface area contributed by atoms with E-state index in [1.165, 1.54) is 0 Å².